The van der Waals surface area contributed by atoms with Gasteiger partial charge in [-0.05, 0) is 19.8 Å². The summed E-state index contributed by atoms with van der Waals surface area (Å²) < 4.78 is 5.34. The van der Waals surface area contributed by atoms with Crippen LogP contribution in [0.3, 0.4) is 0 Å². The Kier molecular flexibility index (Phi) is 6.85. The van der Waals surface area contributed by atoms with E-state index in [4.69, 9.17) is 4.74 Å². The summed E-state index contributed by atoms with van der Waals surface area (Å²) >= 11 is 1.74. The standard InChI is InChI=1S/C18H29N5O2S/c1-14-13-21-16(26-14)3-6-20-18(19-2)23-7-4-15(5-8-23)17(24)22-9-11-25-12-10-22/h13,15H,3-12H2,1-2H3,(H,19,20). The highest BCUT2D eigenvalue weighted by molar-refractivity contribution is 7.11. The fourth-order valence-electron chi connectivity index (χ4n) is 3.51. The first-order chi connectivity index (χ1) is 12.7. The number of guanidine groups is 1. The van der Waals surface area contributed by atoms with Crippen molar-refractivity contribution >= 4 is 23.2 Å². The minimum atomic E-state index is 0.140. The quantitative estimate of drug-likeness (QED) is 0.628. The molecule has 1 aromatic heterocycles. The zero-order chi connectivity index (χ0) is 18.4. The van der Waals surface area contributed by atoms with Crippen LogP contribution in [0.15, 0.2) is 11.2 Å². The van der Waals surface area contributed by atoms with Gasteiger partial charge >= 0.3 is 0 Å². The fourth-order valence-corrected chi connectivity index (χ4v) is 4.30. The van der Waals surface area contributed by atoms with Crippen LogP contribution < -0.4 is 5.32 Å². The number of aryl methyl sites for hydroxylation is 1. The summed E-state index contributed by atoms with van der Waals surface area (Å²) in [6.45, 7) is 7.45. The second-order valence-electron chi connectivity index (χ2n) is 6.79. The largest absolute Gasteiger partial charge is 0.378 e. The van der Waals surface area contributed by atoms with Gasteiger partial charge in [-0.3, -0.25) is 9.79 Å². The van der Waals surface area contributed by atoms with Crippen molar-refractivity contribution in [3.05, 3.63) is 16.1 Å². The van der Waals surface area contributed by atoms with Crippen molar-refractivity contribution in [3.8, 4) is 0 Å². The van der Waals surface area contributed by atoms with Crippen LogP contribution in [0.4, 0.5) is 0 Å². The molecule has 3 rings (SSSR count). The monoisotopic (exact) mass is 379 g/mol. The maximum Gasteiger partial charge on any atom is 0.225 e. The molecule has 8 heteroatoms. The van der Waals surface area contributed by atoms with E-state index in [0.29, 0.717) is 19.1 Å². The van der Waals surface area contributed by atoms with Crippen LogP contribution in [0.1, 0.15) is 22.7 Å². The fraction of sp³-hybridized carbons (Fsp3) is 0.722. The molecule has 0 saturated carbocycles. The van der Waals surface area contributed by atoms with Gasteiger partial charge in [0.25, 0.3) is 0 Å². The molecule has 0 atom stereocenters. The van der Waals surface area contributed by atoms with E-state index >= 15 is 0 Å². The minimum Gasteiger partial charge on any atom is -0.378 e. The van der Waals surface area contributed by atoms with Crippen LogP contribution in [-0.4, -0.2) is 79.6 Å². The summed E-state index contributed by atoms with van der Waals surface area (Å²) in [4.78, 5) is 26.9. The molecule has 0 aliphatic carbocycles. The van der Waals surface area contributed by atoms with Crippen LogP contribution in [0, 0.1) is 12.8 Å². The first-order valence-corrected chi connectivity index (χ1v) is 10.2. The zero-order valence-corrected chi connectivity index (χ0v) is 16.6. The predicted octanol–water partition coefficient (Wildman–Crippen LogP) is 1.14. The Morgan fingerprint density at radius 2 is 2.04 bits per heavy atom. The molecule has 0 unspecified atom stereocenters. The lowest BCUT2D eigenvalue weighted by Gasteiger charge is -2.36. The molecule has 0 spiro atoms. The van der Waals surface area contributed by atoms with Gasteiger partial charge in [-0.25, -0.2) is 4.98 Å². The first-order valence-electron chi connectivity index (χ1n) is 9.41. The van der Waals surface area contributed by atoms with Gasteiger partial charge in [0.1, 0.15) is 0 Å². The number of nitrogens with zero attached hydrogens (tertiary/aromatic N) is 4. The summed E-state index contributed by atoms with van der Waals surface area (Å²) in [6, 6.07) is 0. The maximum atomic E-state index is 12.6. The number of likely N-dealkylation sites (tertiary alicyclic amines) is 1. The van der Waals surface area contributed by atoms with E-state index in [2.05, 4.69) is 27.1 Å². The average molecular weight is 380 g/mol. The van der Waals surface area contributed by atoms with E-state index in [-0.39, 0.29) is 5.92 Å². The number of aromatic nitrogens is 1. The van der Waals surface area contributed by atoms with E-state index in [1.807, 2.05) is 18.1 Å². The number of carbonyl (C=O) groups is 1. The van der Waals surface area contributed by atoms with E-state index in [9.17, 15) is 4.79 Å². The van der Waals surface area contributed by atoms with Crippen molar-refractivity contribution in [1.29, 1.82) is 0 Å². The molecule has 1 amide bonds. The van der Waals surface area contributed by atoms with Gasteiger partial charge in [-0.15, -0.1) is 11.3 Å². The number of aliphatic imine (C=N–C) groups is 1. The number of carbonyl (C=O) groups excluding carboxylic acids is 1. The molecule has 2 aliphatic heterocycles. The lowest BCUT2D eigenvalue weighted by molar-refractivity contribution is -0.140. The number of hydrogen-bond donors (Lipinski definition) is 1. The van der Waals surface area contributed by atoms with Crippen molar-refractivity contribution in [3.63, 3.8) is 0 Å². The molecule has 0 aromatic carbocycles. The third kappa shape index (κ3) is 4.94. The molecule has 1 N–H and O–H groups in total. The predicted molar refractivity (Wildman–Crippen MR) is 104 cm³/mol. The molecule has 7 nitrogen and oxygen atoms in total. The molecular weight excluding hydrogens is 350 g/mol. The van der Waals surface area contributed by atoms with Gasteiger partial charge in [0.2, 0.25) is 5.91 Å². The Bertz CT molecular complexity index is 619. The number of amides is 1. The van der Waals surface area contributed by atoms with Gasteiger partial charge in [-0.1, -0.05) is 0 Å². The third-order valence-corrected chi connectivity index (χ3v) is 5.94. The third-order valence-electron chi connectivity index (χ3n) is 4.97. The molecule has 3 heterocycles. The highest BCUT2D eigenvalue weighted by atomic mass is 32.1. The lowest BCUT2D eigenvalue weighted by atomic mass is 9.95. The molecule has 26 heavy (non-hydrogen) atoms. The molecule has 2 aliphatic rings. The Balaban J connectivity index is 1.42. The zero-order valence-electron chi connectivity index (χ0n) is 15.7. The van der Waals surface area contributed by atoms with Gasteiger partial charge in [0.05, 0.1) is 18.2 Å². The summed E-state index contributed by atoms with van der Waals surface area (Å²) in [7, 11) is 1.82. The minimum absolute atomic E-state index is 0.140. The molecule has 144 valence electrons. The molecule has 0 radical (unpaired) electrons. The summed E-state index contributed by atoms with van der Waals surface area (Å²) in [6.07, 6.45) is 4.61. The lowest BCUT2D eigenvalue weighted by Crippen LogP contribution is -2.50. The average Bonchev–Trinajstić information content (AvgIpc) is 3.11. The second kappa shape index (κ2) is 9.32. The number of hydrogen-bond acceptors (Lipinski definition) is 5. The Hall–Kier alpha value is -1.67. The molecule has 2 fully saturated rings. The van der Waals surface area contributed by atoms with Crippen LogP contribution in [-0.2, 0) is 16.0 Å². The van der Waals surface area contributed by atoms with E-state index in [0.717, 1.165) is 63.0 Å². The van der Waals surface area contributed by atoms with Crippen molar-refractivity contribution in [2.75, 3.05) is 53.0 Å². The van der Waals surface area contributed by atoms with E-state index in [1.165, 1.54) is 4.88 Å². The van der Waals surface area contributed by atoms with Gasteiger partial charge in [-0.2, -0.15) is 0 Å². The number of morpholine rings is 1. The normalized spacial score (nSPS) is 19.7. The van der Waals surface area contributed by atoms with Crippen molar-refractivity contribution in [2.45, 2.75) is 26.2 Å². The van der Waals surface area contributed by atoms with Crippen LogP contribution >= 0.6 is 11.3 Å². The van der Waals surface area contributed by atoms with Gasteiger partial charge < -0.3 is 19.9 Å². The second-order valence-corrected chi connectivity index (χ2v) is 8.11. The van der Waals surface area contributed by atoms with E-state index in [1.54, 1.807) is 11.3 Å². The van der Waals surface area contributed by atoms with Crippen molar-refractivity contribution in [2.24, 2.45) is 10.9 Å². The highest BCUT2D eigenvalue weighted by Crippen LogP contribution is 2.20. The molecular formula is C18H29N5O2S. The van der Waals surface area contributed by atoms with Crippen LogP contribution in [0.5, 0.6) is 0 Å². The van der Waals surface area contributed by atoms with Crippen molar-refractivity contribution in [1.82, 2.24) is 20.1 Å². The highest BCUT2D eigenvalue weighted by Gasteiger charge is 2.30. The van der Waals surface area contributed by atoms with Gasteiger partial charge in [0, 0.05) is 63.2 Å². The summed E-state index contributed by atoms with van der Waals surface area (Å²) in [5, 5.41) is 4.59. The maximum absolute atomic E-state index is 12.6. The Labute approximate surface area is 159 Å². The van der Waals surface area contributed by atoms with Gasteiger partial charge in [0.15, 0.2) is 5.96 Å². The topological polar surface area (TPSA) is 70.1 Å². The molecule has 1 aromatic rings. The summed E-state index contributed by atoms with van der Waals surface area (Å²) in [5.41, 5.74) is 0. The van der Waals surface area contributed by atoms with Crippen LogP contribution in [0.2, 0.25) is 0 Å². The number of nitrogens with one attached hydrogen (secondary N) is 1. The number of thiazole rings is 1. The Morgan fingerprint density at radius 3 is 2.65 bits per heavy atom. The SMILES string of the molecule is CN=C(NCCc1ncc(C)s1)N1CCC(C(=O)N2CCOCC2)CC1. The van der Waals surface area contributed by atoms with Crippen molar-refractivity contribution < 1.29 is 9.53 Å². The first kappa shape index (κ1) is 19.1. The smallest absolute Gasteiger partial charge is 0.225 e. The number of piperidine rings is 1. The molecule has 0 bridgehead atoms. The number of rotatable bonds is 4. The molecule has 2 saturated heterocycles. The van der Waals surface area contributed by atoms with Crippen LogP contribution in [0.25, 0.3) is 0 Å². The number of ether oxygens (including phenoxy) is 1. The summed E-state index contributed by atoms with van der Waals surface area (Å²) in [5.74, 6) is 1.37. The van der Waals surface area contributed by atoms with E-state index < -0.39 is 0 Å². The Morgan fingerprint density at radius 1 is 1.31 bits per heavy atom.